The molecule has 0 aliphatic rings. The van der Waals surface area contributed by atoms with Gasteiger partial charge in [-0.1, -0.05) is 19.0 Å². The molecule has 3 N–H and O–H groups in total. The molecule has 0 amide bonds. The second-order valence-electron chi connectivity index (χ2n) is 5.51. The fraction of sp³-hybridized carbons (Fsp3) is 0.444. The molecule has 136 valence electrons. The fourth-order valence-corrected chi connectivity index (χ4v) is 2.54. The SMILES string of the molecule is CCc1noc(CC)c1CNC(=NC)NCc1cc(OC)ccc1O. The predicted octanol–water partition coefficient (Wildman–Crippen LogP) is 2.38. The maximum atomic E-state index is 9.96. The van der Waals surface area contributed by atoms with Gasteiger partial charge in [0, 0.05) is 37.7 Å². The van der Waals surface area contributed by atoms with Gasteiger partial charge in [0.2, 0.25) is 0 Å². The van der Waals surface area contributed by atoms with Crippen molar-refractivity contribution in [3.63, 3.8) is 0 Å². The number of ether oxygens (including phenoxy) is 1. The van der Waals surface area contributed by atoms with Crippen LogP contribution in [-0.2, 0) is 25.9 Å². The van der Waals surface area contributed by atoms with Gasteiger partial charge in [-0.05, 0) is 24.6 Å². The van der Waals surface area contributed by atoms with Gasteiger partial charge in [-0.3, -0.25) is 4.99 Å². The Bertz CT molecular complexity index is 704. The van der Waals surface area contributed by atoms with E-state index >= 15 is 0 Å². The average molecular weight is 346 g/mol. The molecule has 0 bridgehead atoms. The van der Waals surface area contributed by atoms with Crippen LogP contribution in [0.4, 0.5) is 0 Å². The summed E-state index contributed by atoms with van der Waals surface area (Å²) in [7, 11) is 3.30. The van der Waals surface area contributed by atoms with Crippen molar-refractivity contribution < 1.29 is 14.4 Å². The second-order valence-corrected chi connectivity index (χ2v) is 5.51. The zero-order valence-corrected chi connectivity index (χ0v) is 15.2. The molecular weight excluding hydrogens is 320 g/mol. The van der Waals surface area contributed by atoms with Crippen LogP contribution in [0.3, 0.4) is 0 Å². The molecule has 25 heavy (non-hydrogen) atoms. The Morgan fingerprint density at radius 3 is 2.64 bits per heavy atom. The van der Waals surface area contributed by atoms with Crippen molar-refractivity contribution in [2.45, 2.75) is 39.8 Å². The van der Waals surface area contributed by atoms with Crippen molar-refractivity contribution in [2.75, 3.05) is 14.2 Å². The number of aryl methyl sites for hydroxylation is 2. The number of hydrogen-bond acceptors (Lipinski definition) is 5. The summed E-state index contributed by atoms with van der Waals surface area (Å²) < 4.78 is 10.6. The lowest BCUT2D eigenvalue weighted by Crippen LogP contribution is -2.36. The van der Waals surface area contributed by atoms with Gasteiger partial charge in [0.15, 0.2) is 5.96 Å². The molecule has 0 radical (unpaired) electrons. The summed E-state index contributed by atoms with van der Waals surface area (Å²) in [6, 6.07) is 5.13. The van der Waals surface area contributed by atoms with Gasteiger partial charge in [0.1, 0.15) is 17.3 Å². The molecule has 2 rings (SSSR count). The number of aliphatic imine (C=N–C) groups is 1. The number of hydrogen-bond donors (Lipinski definition) is 3. The van der Waals surface area contributed by atoms with E-state index in [1.54, 1.807) is 32.4 Å². The average Bonchev–Trinajstić information content (AvgIpc) is 3.05. The van der Waals surface area contributed by atoms with Crippen LogP contribution in [-0.4, -0.2) is 30.4 Å². The largest absolute Gasteiger partial charge is 0.508 e. The van der Waals surface area contributed by atoms with Gasteiger partial charge in [-0.25, -0.2) is 0 Å². The van der Waals surface area contributed by atoms with Crippen LogP contribution in [0.15, 0.2) is 27.7 Å². The first kappa shape index (κ1) is 18.6. The van der Waals surface area contributed by atoms with Crippen molar-refractivity contribution in [3.8, 4) is 11.5 Å². The van der Waals surface area contributed by atoms with Crippen molar-refractivity contribution in [3.05, 3.63) is 40.8 Å². The van der Waals surface area contributed by atoms with Gasteiger partial charge >= 0.3 is 0 Å². The Kier molecular flexibility index (Phi) is 6.68. The summed E-state index contributed by atoms with van der Waals surface area (Å²) in [5, 5.41) is 20.5. The number of phenols is 1. The Morgan fingerprint density at radius 2 is 2.00 bits per heavy atom. The summed E-state index contributed by atoms with van der Waals surface area (Å²) in [5.74, 6) is 2.43. The van der Waals surface area contributed by atoms with Crippen LogP contribution >= 0.6 is 0 Å². The summed E-state index contributed by atoms with van der Waals surface area (Å²) in [6.07, 6.45) is 1.62. The molecule has 0 fully saturated rings. The van der Waals surface area contributed by atoms with E-state index in [2.05, 4.69) is 27.7 Å². The zero-order chi connectivity index (χ0) is 18.2. The maximum Gasteiger partial charge on any atom is 0.191 e. The monoisotopic (exact) mass is 346 g/mol. The van der Waals surface area contributed by atoms with Crippen molar-refractivity contribution in [2.24, 2.45) is 4.99 Å². The summed E-state index contributed by atoms with van der Waals surface area (Å²) >= 11 is 0. The number of nitrogens with zero attached hydrogens (tertiary/aromatic N) is 2. The van der Waals surface area contributed by atoms with Gasteiger partial charge in [0.25, 0.3) is 0 Å². The number of guanidine groups is 1. The van der Waals surface area contributed by atoms with Gasteiger partial charge in [-0.2, -0.15) is 0 Å². The molecule has 0 spiro atoms. The third-order valence-corrected chi connectivity index (χ3v) is 4.00. The fourth-order valence-electron chi connectivity index (χ4n) is 2.54. The van der Waals surface area contributed by atoms with E-state index in [-0.39, 0.29) is 5.75 Å². The molecule has 7 nitrogen and oxygen atoms in total. The quantitative estimate of drug-likeness (QED) is 0.527. The first-order valence-electron chi connectivity index (χ1n) is 8.39. The maximum absolute atomic E-state index is 9.96. The van der Waals surface area contributed by atoms with Gasteiger partial charge in [0.05, 0.1) is 12.8 Å². The van der Waals surface area contributed by atoms with E-state index in [1.165, 1.54) is 0 Å². The second kappa shape index (κ2) is 8.96. The zero-order valence-electron chi connectivity index (χ0n) is 15.2. The van der Waals surface area contributed by atoms with Crippen LogP contribution < -0.4 is 15.4 Å². The molecule has 7 heteroatoms. The molecule has 0 atom stereocenters. The molecule has 1 aromatic carbocycles. The number of nitrogens with one attached hydrogen (secondary N) is 2. The molecule has 0 saturated carbocycles. The van der Waals surface area contributed by atoms with Crippen molar-refractivity contribution in [1.82, 2.24) is 15.8 Å². The number of aromatic hydroxyl groups is 1. The Labute approximate surface area is 148 Å². The summed E-state index contributed by atoms with van der Waals surface area (Å²) in [4.78, 5) is 4.22. The summed E-state index contributed by atoms with van der Waals surface area (Å²) in [6.45, 7) is 5.11. The van der Waals surface area contributed by atoms with E-state index in [0.717, 1.165) is 35.4 Å². The first-order valence-corrected chi connectivity index (χ1v) is 8.39. The third-order valence-electron chi connectivity index (χ3n) is 4.00. The highest BCUT2D eigenvalue weighted by molar-refractivity contribution is 5.79. The minimum Gasteiger partial charge on any atom is -0.508 e. The van der Waals surface area contributed by atoms with Crippen molar-refractivity contribution >= 4 is 5.96 Å². The molecular formula is C18H26N4O3. The van der Waals surface area contributed by atoms with E-state index in [0.29, 0.717) is 24.8 Å². The molecule has 0 aliphatic carbocycles. The lowest BCUT2D eigenvalue weighted by atomic mass is 10.1. The van der Waals surface area contributed by atoms with E-state index in [1.807, 2.05) is 6.92 Å². The summed E-state index contributed by atoms with van der Waals surface area (Å²) in [5.41, 5.74) is 2.78. The Hall–Kier alpha value is -2.70. The van der Waals surface area contributed by atoms with E-state index in [9.17, 15) is 5.11 Å². The molecule has 0 aliphatic heterocycles. The lowest BCUT2D eigenvalue weighted by Gasteiger charge is -2.13. The van der Waals surface area contributed by atoms with Crippen LogP contribution in [0.2, 0.25) is 0 Å². The minimum absolute atomic E-state index is 0.212. The standard InChI is InChI=1S/C18H26N4O3/c1-5-15-14(17(6-2)25-22-15)11-21-18(19-3)20-10-12-9-13(24-4)7-8-16(12)23/h7-9,23H,5-6,10-11H2,1-4H3,(H2,19,20,21). The highest BCUT2D eigenvalue weighted by Crippen LogP contribution is 2.22. The molecule has 1 heterocycles. The highest BCUT2D eigenvalue weighted by Gasteiger charge is 2.13. The highest BCUT2D eigenvalue weighted by atomic mass is 16.5. The van der Waals surface area contributed by atoms with Gasteiger partial charge in [-0.15, -0.1) is 0 Å². The van der Waals surface area contributed by atoms with E-state index < -0.39 is 0 Å². The van der Waals surface area contributed by atoms with Crippen LogP contribution in [0, 0.1) is 0 Å². The molecule has 0 unspecified atom stereocenters. The molecule has 2 aromatic rings. The number of benzene rings is 1. The normalized spacial score (nSPS) is 11.4. The number of aromatic nitrogens is 1. The Balaban J connectivity index is 1.99. The molecule has 0 saturated heterocycles. The third kappa shape index (κ3) is 4.65. The molecule has 1 aromatic heterocycles. The number of methoxy groups -OCH3 is 1. The lowest BCUT2D eigenvalue weighted by molar-refractivity contribution is 0.380. The van der Waals surface area contributed by atoms with Crippen LogP contribution in [0.5, 0.6) is 11.5 Å². The van der Waals surface area contributed by atoms with Crippen LogP contribution in [0.25, 0.3) is 0 Å². The predicted molar refractivity (Wildman–Crippen MR) is 97.0 cm³/mol. The van der Waals surface area contributed by atoms with Crippen LogP contribution in [0.1, 0.15) is 36.4 Å². The number of phenolic OH excluding ortho intramolecular Hbond substituents is 1. The first-order chi connectivity index (χ1) is 12.1. The smallest absolute Gasteiger partial charge is 0.191 e. The van der Waals surface area contributed by atoms with Gasteiger partial charge < -0.3 is 25.0 Å². The number of rotatable bonds is 7. The Morgan fingerprint density at radius 1 is 1.24 bits per heavy atom. The minimum atomic E-state index is 0.212. The van der Waals surface area contributed by atoms with Crippen molar-refractivity contribution in [1.29, 1.82) is 0 Å². The topological polar surface area (TPSA) is 91.9 Å². The van der Waals surface area contributed by atoms with E-state index in [4.69, 9.17) is 9.26 Å².